The lowest BCUT2D eigenvalue weighted by Crippen LogP contribution is -2.20. The molecule has 15 heavy (non-hydrogen) atoms. The van der Waals surface area contributed by atoms with Crippen LogP contribution in [0.5, 0.6) is 5.75 Å². The van der Waals surface area contributed by atoms with Crippen molar-refractivity contribution in [3.63, 3.8) is 0 Å². The average molecular weight is 209 g/mol. The molecule has 1 aromatic rings. The molecule has 1 aliphatic rings. The topological polar surface area (TPSA) is 35.2 Å². The van der Waals surface area contributed by atoms with Crippen molar-refractivity contribution >= 4 is 5.69 Å². The van der Waals surface area contributed by atoms with E-state index in [2.05, 4.69) is 0 Å². The highest BCUT2D eigenvalue weighted by atomic mass is 19.1. The van der Waals surface area contributed by atoms with E-state index in [4.69, 9.17) is 10.5 Å². The van der Waals surface area contributed by atoms with Crippen molar-refractivity contribution in [2.24, 2.45) is 0 Å². The summed E-state index contributed by atoms with van der Waals surface area (Å²) in [6, 6.07) is 4.71. The van der Waals surface area contributed by atoms with Gasteiger partial charge in [0.25, 0.3) is 0 Å². The maximum Gasteiger partial charge on any atom is 0.149 e. The van der Waals surface area contributed by atoms with Crippen LogP contribution in [0.25, 0.3) is 0 Å². The summed E-state index contributed by atoms with van der Waals surface area (Å²) >= 11 is 0. The fourth-order valence-corrected chi connectivity index (χ4v) is 1.98. The molecule has 0 aliphatic heterocycles. The van der Waals surface area contributed by atoms with Gasteiger partial charge in [0.2, 0.25) is 0 Å². The average Bonchev–Trinajstić information content (AvgIpc) is 2.26. The molecular formula is C12H16FNO. The Hall–Kier alpha value is -1.25. The Bertz CT molecular complexity index is 334. The Morgan fingerprint density at radius 2 is 1.93 bits per heavy atom. The quantitative estimate of drug-likeness (QED) is 0.759. The number of halogens is 1. The van der Waals surface area contributed by atoms with Gasteiger partial charge in [-0.15, -0.1) is 0 Å². The molecule has 0 amide bonds. The molecule has 0 bridgehead atoms. The summed E-state index contributed by atoms with van der Waals surface area (Å²) in [6.07, 6.45) is 5.98. The molecule has 0 spiro atoms. The van der Waals surface area contributed by atoms with E-state index < -0.39 is 5.82 Å². The smallest absolute Gasteiger partial charge is 0.149 e. The zero-order chi connectivity index (χ0) is 10.7. The van der Waals surface area contributed by atoms with Crippen LogP contribution in [-0.2, 0) is 0 Å². The number of hydrogen-bond acceptors (Lipinski definition) is 2. The minimum Gasteiger partial charge on any atom is -0.488 e. The Balaban J connectivity index is 2.06. The minimum atomic E-state index is -0.400. The van der Waals surface area contributed by atoms with Gasteiger partial charge in [-0.05, 0) is 37.8 Å². The molecule has 0 atom stereocenters. The van der Waals surface area contributed by atoms with Crippen molar-refractivity contribution in [2.75, 3.05) is 5.73 Å². The van der Waals surface area contributed by atoms with E-state index in [0.29, 0.717) is 5.75 Å². The summed E-state index contributed by atoms with van der Waals surface area (Å²) in [5, 5.41) is 0. The van der Waals surface area contributed by atoms with Crippen LogP contribution in [0.4, 0.5) is 10.1 Å². The van der Waals surface area contributed by atoms with Crippen LogP contribution in [0.2, 0.25) is 0 Å². The number of nitrogen functional groups attached to an aromatic ring is 1. The Morgan fingerprint density at radius 1 is 1.20 bits per heavy atom. The van der Waals surface area contributed by atoms with E-state index in [-0.39, 0.29) is 11.8 Å². The third kappa shape index (κ3) is 2.41. The van der Waals surface area contributed by atoms with Crippen LogP contribution in [0.15, 0.2) is 18.2 Å². The van der Waals surface area contributed by atoms with E-state index in [1.807, 2.05) is 0 Å². The summed E-state index contributed by atoms with van der Waals surface area (Å²) in [5.41, 5.74) is 5.73. The number of benzene rings is 1. The number of anilines is 1. The third-order valence-electron chi connectivity index (χ3n) is 2.86. The largest absolute Gasteiger partial charge is 0.488 e. The second-order valence-corrected chi connectivity index (χ2v) is 4.03. The van der Waals surface area contributed by atoms with Crippen molar-refractivity contribution in [1.82, 2.24) is 0 Å². The molecule has 3 heteroatoms. The van der Waals surface area contributed by atoms with Gasteiger partial charge in [0, 0.05) is 0 Å². The monoisotopic (exact) mass is 209 g/mol. The van der Waals surface area contributed by atoms with Gasteiger partial charge in [-0.1, -0.05) is 12.5 Å². The van der Waals surface area contributed by atoms with Gasteiger partial charge in [0.1, 0.15) is 17.3 Å². The van der Waals surface area contributed by atoms with Gasteiger partial charge in [0.15, 0.2) is 0 Å². The Kier molecular flexibility index (Phi) is 3.09. The van der Waals surface area contributed by atoms with Crippen LogP contribution < -0.4 is 10.5 Å². The van der Waals surface area contributed by atoms with Crippen LogP contribution in [0.3, 0.4) is 0 Å². The Morgan fingerprint density at radius 3 is 2.67 bits per heavy atom. The molecule has 0 aromatic heterocycles. The number of ether oxygens (including phenoxy) is 1. The van der Waals surface area contributed by atoms with Gasteiger partial charge in [-0.3, -0.25) is 0 Å². The maximum absolute atomic E-state index is 13.1. The SMILES string of the molecule is Nc1c(F)cccc1OC1CCCCC1. The minimum absolute atomic E-state index is 0.128. The highest BCUT2D eigenvalue weighted by molar-refractivity contribution is 5.53. The lowest BCUT2D eigenvalue weighted by molar-refractivity contribution is 0.155. The number of para-hydroxylation sites is 1. The first kappa shape index (κ1) is 10.3. The molecule has 1 fully saturated rings. The van der Waals surface area contributed by atoms with E-state index in [0.717, 1.165) is 12.8 Å². The lowest BCUT2D eigenvalue weighted by Gasteiger charge is -2.23. The third-order valence-corrected chi connectivity index (χ3v) is 2.86. The lowest BCUT2D eigenvalue weighted by atomic mass is 9.98. The van der Waals surface area contributed by atoms with Gasteiger partial charge < -0.3 is 10.5 Å². The number of hydrogen-bond donors (Lipinski definition) is 1. The summed E-state index contributed by atoms with van der Waals surface area (Å²) in [7, 11) is 0. The fourth-order valence-electron chi connectivity index (χ4n) is 1.98. The van der Waals surface area contributed by atoms with Crippen molar-refractivity contribution in [3.05, 3.63) is 24.0 Å². The maximum atomic E-state index is 13.1. The predicted molar refractivity (Wildman–Crippen MR) is 58.3 cm³/mol. The van der Waals surface area contributed by atoms with E-state index in [1.165, 1.54) is 25.3 Å². The molecule has 2 nitrogen and oxygen atoms in total. The second-order valence-electron chi connectivity index (χ2n) is 4.03. The van der Waals surface area contributed by atoms with Gasteiger partial charge in [-0.2, -0.15) is 0 Å². The van der Waals surface area contributed by atoms with Crippen LogP contribution >= 0.6 is 0 Å². The highest BCUT2D eigenvalue weighted by Gasteiger charge is 2.16. The van der Waals surface area contributed by atoms with Crippen LogP contribution in [0, 0.1) is 5.82 Å². The van der Waals surface area contributed by atoms with Gasteiger partial charge >= 0.3 is 0 Å². The Labute approximate surface area is 89.2 Å². The second kappa shape index (κ2) is 4.51. The molecule has 1 aromatic carbocycles. The zero-order valence-corrected chi connectivity index (χ0v) is 8.71. The van der Waals surface area contributed by atoms with Crippen molar-refractivity contribution in [1.29, 1.82) is 0 Å². The van der Waals surface area contributed by atoms with Crippen LogP contribution in [-0.4, -0.2) is 6.10 Å². The van der Waals surface area contributed by atoms with Gasteiger partial charge in [-0.25, -0.2) is 4.39 Å². The predicted octanol–water partition coefficient (Wildman–Crippen LogP) is 3.12. The molecule has 1 saturated carbocycles. The summed E-state index contributed by atoms with van der Waals surface area (Å²) < 4.78 is 18.8. The van der Waals surface area contributed by atoms with E-state index in [9.17, 15) is 4.39 Å². The zero-order valence-electron chi connectivity index (χ0n) is 8.71. The van der Waals surface area contributed by atoms with Crippen LogP contribution in [0.1, 0.15) is 32.1 Å². The first-order valence-corrected chi connectivity index (χ1v) is 5.48. The number of rotatable bonds is 2. The number of nitrogens with two attached hydrogens (primary N) is 1. The first-order valence-electron chi connectivity index (χ1n) is 5.48. The van der Waals surface area contributed by atoms with Crippen molar-refractivity contribution in [2.45, 2.75) is 38.2 Å². The fraction of sp³-hybridized carbons (Fsp3) is 0.500. The van der Waals surface area contributed by atoms with Gasteiger partial charge in [0.05, 0.1) is 6.10 Å². The first-order chi connectivity index (χ1) is 7.27. The summed E-state index contributed by atoms with van der Waals surface area (Å²) in [6.45, 7) is 0. The van der Waals surface area contributed by atoms with E-state index >= 15 is 0 Å². The summed E-state index contributed by atoms with van der Waals surface area (Å²) in [5.74, 6) is 0.0882. The van der Waals surface area contributed by atoms with Crippen molar-refractivity contribution in [3.8, 4) is 5.75 Å². The molecule has 82 valence electrons. The molecule has 0 saturated heterocycles. The molecule has 0 unspecified atom stereocenters. The van der Waals surface area contributed by atoms with E-state index in [1.54, 1.807) is 12.1 Å². The molecule has 2 N–H and O–H groups in total. The standard InChI is InChI=1S/C12H16FNO/c13-10-7-4-8-11(12(10)14)15-9-5-2-1-3-6-9/h4,7-9H,1-3,5-6,14H2. The summed E-state index contributed by atoms with van der Waals surface area (Å²) in [4.78, 5) is 0. The van der Waals surface area contributed by atoms with Crippen molar-refractivity contribution < 1.29 is 9.13 Å². The highest BCUT2D eigenvalue weighted by Crippen LogP contribution is 2.28. The molecule has 1 aliphatic carbocycles. The normalized spacial score (nSPS) is 17.7. The molecule has 0 heterocycles. The molecular weight excluding hydrogens is 193 g/mol. The molecule has 2 rings (SSSR count). The molecule has 0 radical (unpaired) electrons.